The van der Waals surface area contributed by atoms with Crippen LogP contribution in [0.1, 0.15) is 12.0 Å². The highest BCUT2D eigenvalue weighted by Gasteiger charge is 2.13. The molecule has 1 aromatic rings. The third-order valence-electron chi connectivity index (χ3n) is 2.19. The maximum absolute atomic E-state index is 11.9. The molecule has 5 nitrogen and oxygen atoms in total. The first-order valence-electron chi connectivity index (χ1n) is 5.38. The molecule has 0 fully saturated rings. The third kappa shape index (κ3) is 4.43. The zero-order valence-corrected chi connectivity index (χ0v) is 10.7. The first-order valence-corrected chi connectivity index (χ1v) is 6.86. The Bertz CT molecular complexity index is 446. The van der Waals surface area contributed by atoms with Gasteiger partial charge < -0.3 is 10.5 Å². The van der Waals surface area contributed by atoms with E-state index in [0.717, 1.165) is 5.56 Å². The van der Waals surface area contributed by atoms with Crippen LogP contribution < -0.4 is 10.5 Å². The summed E-state index contributed by atoms with van der Waals surface area (Å²) in [7, 11) is -1.86. The highest BCUT2D eigenvalue weighted by molar-refractivity contribution is 7.89. The molecule has 3 N–H and O–H groups in total. The molecule has 0 unspecified atom stereocenters. The summed E-state index contributed by atoms with van der Waals surface area (Å²) in [5.74, 6) is 0. The molecule has 0 aliphatic rings. The second-order valence-corrected chi connectivity index (χ2v) is 5.39. The first kappa shape index (κ1) is 14.1. The number of rotatable bonds is 7. The van der Waals surface area contributed by atoms with Crippen LogP contribution in [0.4, 0.5) is 0 Å². The molecule has 0 heterocycles. The van der Waals surface area contributed by atoms with E-state index in [4.69, 9.17) is 10.5 Å². The number of nitrogens with one attached hydrogen (secondary N) is 1. The Labute approximate surface area is 102 Å². The van der Waals surface area contributed by atoms with Crippen LogP contribution in [-0.2, 0) is 21.4 Å². The van der Waals surface area contributed by atoms with Gasteiger partial charge in [-0.15, -0.1) is 0 Å². The molecule has 0 spiro atoms. The van der Waals surface area contributed by atoms with Gasteiger partial charge in [0, 0.05) is 13.7 Å². The average Bonchev–Trinajstić information content (AvgIpc) is 2.30. The summed E-state index contributed by atoms with van der Waals surface area (Å²) >= 11 is 0. The highest BCUT2D eigenvalue weighted by Crippen LogP contribution is 2.11. The minimum atomic E-state index is -3.43. The molecule has 0 aliphatic carbocycles. The van der Waals surface area contributed by atoms with E-state index in [-0.39, 0.29) is 4.90 Å². The second kappa shape index (κ2) is 6.70. The number of benzene rings is 1. The van der Waals surface area contributed by atoms with Crippen molar-refractivity contribution in [2.45, 2.75) is 17.9 Å². The molecule has 0 aromatic heterocycles. The SMILES string of the molecule is COCc1cccc(S(=O)(=O)NCCCN)c1. The van der Waals surface area contributed by atoms with Crippen molar-refractivity contribution in [3.63, 3.8) is 0 Å². The minimum absolute atomic E-state index is 0.254. The maximum Gasteiger partial charge on any atom is 0.240 e. The van der Waals surface area contributed by atoms with Gasteiger partial charge in [0.25, 0.3) is 0 Å². The van der Waals surface area contributed by atoms with E-state index in [1.807, 2.05) is 6.07 Å². The average molecular weight is 258 g/mol. The van der Waals surface area contributed by atoms with Crippen LogP contribution >= 0.6 is 0 Å². The zero-order valence-electron chi connectivity index (χ0n) is 9.85. The summed E-state index contributed by atoms with van der Waals surface area (Å²) in [6.07, 6.45) is 0.622. The summed E-state index contributed by atoms with van der Waals surface area (Å²) in [6.45, 7) is 1.21. The summed E-state index contributed by atoms with van der Waals surface area (Å²) < 4.78 is 31.2. The van der Waals surface area contributed by atoms with E-state index in [0.29, 0.717) is 26.1 Å². The molecule has 0 amide bonds. The van der Waals surface area contributed by atoms with Gasteiger partial charge in [0.05, 0.1) is 11.5 Å². The number of ether oxygens (including phenoxy) is 1. The van der Waals surface area contributed by atoms with Crippen LogP contribution in [0, 0.1) is 0 Å². The van der Waals surface area contributed by atoms with E-state index < -0.39 is 10.0 Å². The molecule has 17 heavy (non-hydrogen) atoms. The Morgan fingerprint density at radius 2 is 2.18 bits per heavy atom. The number of methoxy groups -OCH3 is 1. The monoisotopic (exact) mass is 258 g/mol. The predicted octanol–water partition coefficient (Wildman–Crippen LogP) is 0.460. The van der Waals surface area contributed by atoms with Crippen molar-refractivity contribution in [2.24, 2.45) is 5.73 Å². The molecule has 1 rings (SSSR count). The summed E-state index contributed by atoms with van der Waals surface area (Å²) in [4.78, 5) is 0.254. The summed E-state index contributed by atoms with van der Waals surface area (Å²) in [5.41, 5.74) is 6.14. The lowest BCUT2D eigenvalue weighted by molar-refractivity contribution is 0.184. The topological polar surface area (TPSA) is 81.4 Å². The minimum Gasteiger partial charge on any atom is -0.380 e. The molecular weight excluding hydrogens is 240 g/mol. The molecule has 1 aromatic carbocycles. The van der Waals surface area contributed by atoms with Crippen LogP contribution in [-0.4, -0.2) is 28.6 Å². The number of hydrogen-bond donors (Lipinski definition) is 2. The Kier molecular flexibility index (Phi) is 5.57. The Balaban J connectivity index is 2.79. The van der Waals surface area contributed by atoms with Crippen molar-refractivity contribution in [1.82, 2.24) is 4.72 Å². The fourth-order valence-electron chi connectivity index (χ4n) is 1.36. The Hall–Kier alpha value is -0.950. The number of hydrogen-bond acceptors (Lipinski definition) is 4. The van der Waals surface area contributed by atoms with Gasteiger partial charge in [0.1, 0.15) is 0 Å². The fraction of sp³-hybridized carbons (Fsp3) is 0.455. The van der Waals surface area contributed by atoms with Gasteiger partial charge in [-0.1, -0.05) is 12.1 Å². The van der Waals surface area contributed by atoms with E-state index in [1.165, 1.54) is 0 Å². The van der Waals surface area contributed by atoms with Gasteiger partial charge in [-0.3, -0.25) is 0 Å². The van der Waals surface area contributed by atoms with E-state index in [1.54, 1.807) is 25.3 Å². The molecule has 0 radical (unpaired) electrons. The van der Waals surface area contributed by atoms with E-state index in [9.17, 15) is 8.42 Å². The lowest BCUT2D eigenvalue weighted by Crippen LogP contribution is -2.26. The van der Waals surface area contributed by atoms with Gasteiger partial charge in [0.15, 0.2) is 0 Å². The summed E-state index contributed by atoms with van der Waals surface area (Å²) in [5, 5.41) is 0. The molecule has 96 valence electrons. The van der Waals surface area contributed by atoms with Gasteiger partial charge in [-0.2, -0.15) is 0 Å². The second-order valence-electron chi connectivity index (χ2n) is 3.62. The maximum atomic E-state index is 11.9. The van der Waals surface area contributed by atoms with Crippen molar-refractivity contribution < 1.29 is 13.2 Å². The van der Waals surface area contributed by atoms with Crippen molar-refractivity contribution in [2.75, 3.05) is 20.2 Å². The standard InChI is InChI=1S/C11H18N2O3S/c1-16-9-10-4-2-5-11(8-10)17(14,15)13-7-3-6-12/h2,4-5,8,13H,3,6-7,9,12H2,1H3. The third-order valence-corrected chi connectivity index (χ3v) is 3.65. The smallest absolute Gasteiger partial charge is 0.240 e. The van der Waals surface area contributed by atoms with Crippen molar-refractivity contribution in [3.8, 4) is 0 Å². The van der Waals surface area contributed by atoms with Crippen molar-refractivity contribution >= 4 is 10.0 Å². The van der Waals surface area contributed by atoms with Gasteiger partial charge >= 0.3 is 0 Å². The van der Waals surface area contributed by atoms with E-state index >= 15 is 0 Å². The molecule has 0 aliphatic heterocycles. The van der Waals surface area contributed by atoms with Crippen LogP contribution in [0.3, 0.4) is 0 Å². The Morgan fingerprint density at radius 1 is 1.41 bits per heavy atom. The van der Waals surface area contributed by atoms with Crippen LogP contribution in [0.5, 0.6) is 0 Å². The van der Waals surface area contributed by atoms with Gasteiger partial charge in [0.2, 0.25) is 10.0 Å². The lowest BCUT2D eigenvalue weighted by atomic mass is 10.2. The molecular formula is C11H18N2O3S. The first-order chi connectivity index (χ1) is 8.10. The molecule has 0 saturated carbocycles. The van der Waals surface area contributed by atoms with E-state index in [2.05, 4.69) is 4.72 Å². The Morgan fingerprint density at radius 3 is 2.82 bits per heavy atom. The van der Waals surface area contributed by atoms with Crippen molar-refractivity contribution in [3.05, 3.63) is 29.8 Å². The number of sulfonamides is 1. The largest absolute Gasteiger partial charge is 0.380 e. The van der Waals surface area contributed by atoms with Crippen LogP contribution in [0.2, 0.25) is 0 Å². The fourth-order valence-corrected chi connectivity index (χ4v) is 2.51. The molecule has 0 saturated heterocycles. The molecule has 6 heteroatoms. The summed E-state index contributed by atoms with van der Waals surface area (Å²) in [6, 6.07) is 6.69. The highest BCUT2D eigenvalue weighted by atomic mass is 32.2. The van der Waals surface area contributed by atoms with Crippen LogP contribution in [0.25, 0.3) is 0 Å². The van der Waals surface area contributed by atoms with Crippen molar-refractivity contribution in [1.29, 1.82) is 0 Å². The lowest BCUT2D eigenvalue weighted by Gasteiger charge is -2.07. The van der Waals surface area contributed by atoms with Gasteiger partial charge in [-0.25, -0.2) is 13.1 Å². The zero-order chi connectivity index (χ0) is 12.7. The van der Waals surface area contributed by atoms with Crippen LogP contribution in [0.15, 0.2) is 29.2 Å². The predicted molar refractivity (Wildman–Crippen MR) is 66.0 cm³/mol. The number of nitrogens with two attached hydrogens (primary N) is 1. The quantitative estimate of drug-likeness (QED) is 0.696. The molecule has 0 bridgehead atoms. The molecule has 0 atom stereocenters. The van der Waals surface area contributed by atoms with Gasteiger partial charge in [-0.05, 0) is 30.7 Å². The normalized spacial score (nSPS) is 11.6.